The van der Waals surface area contributed by atoms with E-state index in [9.17, 15) is 4.39 Å². The van der Waals surface area contributed by atoms with E-state index in [4.69, 9.17) is 4.74 Å². The first-order chi connectivity index (χ1) is 14.1. The number of pyridine rings is 1. The maximum atomic E-state index is 14.4. The Bertz CT molecular complexity index is 945. The average Bonchev–Trinajstić information content (AvgIpc) is 3.14. The van der Waals surface area contributed by atoms with E-state index in [1.807, 2.05) is 13.8 Å². The van der Waals surface area contributed by atoms with E-state index in [-0.39, 0.29) is 5.75 Å². The van der Waals surface area contributed by atoms with Crippen molar-refractivity contribution in [2.24, 2.45) is 4.99 Å². The molecule has 152 valence electrons. The molecule has 0 amide bonds. The maximum Gasteiger partial charge on any atom is 0.191 e. The molecule has 2 heterocycles. The van der Waals surface area contributed by atoms with Crippen LogP contribution in [-0.4, -0.2) is 29.0 Å². The standard InChI is InChI=1S/C21H24FN5OS/c1-3-24-21(25-10-8-17-14-29-15(2)27-17)26-12-16-6-7-20(19(22)11-16)28-18-5-4-9-23-13-18/h4-7,9,11,13-14H,3,8,10,12H2,1-2H3,(H2,24,25,26). The number of thiazole rings is 1. The van der Waals surface area contributed by atoms with Gasteiger partial charge >= 0.3 is 0 Å². The summed E-state index contributed by atoms with van der Waals surface area (Å²) in [6.07, 6.45) is 4.00. The summed E-state index contributed by atoms with van der Waals surface area (Å²) < 4.78 is 19.9. The lowest BCUT2D eigenvalue weighted by Gasteiger charge is -2.11. The van der Waals surface area contributed by atoms with Crippen LogP contribution >= 0.6 is 11.3 Å². The number of benzene rings is 1. The van der Waals surface area contributed by atoms with Crippen LogP contribution in [-0.2, 0) is 13.0 Å². The molecule has 8 heteroatoms. The van der Waals surface area contributed by atoms with E-state index in [1.165, 1.54) is 6.07 Å². The normalized spacial score (nSPS) is 11.3. The van der Waals surface area contributed by atoms with E-state index in [0.29, 0.717) is 18.3 Å². The Labute approximate surface area is 173 Å². The largest absolute Gasteiger partial charge is 0.453 e. The van der Waals surface area contributed by atoms with Crippen LogP contribution in [0.1, 0.15) is 23.2 Å². The Morgan fingerprint density at radius 3 is 2.86 bits per heavy atom. The summed E-state index contributed by atoms with van der Waals surface area (Å²) in [6, 6.07) is 8.32. The fourth-order valence-corrected chi connectivity index (χ4v) is 3.25. The van der Waals surface area contributed by atoms with Gasteiger partial charge in [-0.15, -0.1) is 11.3 Å². The van der Waals surface area contributed by atoms with Crippen LogP contribution < -0.4 is 15.4 Å². The molecule has 0 radical (unpaired) electrons. The first kappa shape index (κ1) is 20.7. The fourth-order valence-electron chi connectivity index (χ4n) is 2.60. The van der Waals surface area contributed by atoms with Crippen LogP contribution in [0.25, 0.3) is 0 Å². The SMILES string of the molecule is CCNC(=NCc1ccc(Oc2cccnc2)c(F)c1)NCCc1csc(C)n1. The fraction of sp³-hybridized carbons (Fsp3) is 0.286. The van der Waals surface area contributed by atoms with Crippen molar-refractivity contribution in [3.05, 3.63) is 70.2 Å². The van der Waals surface area contributed by atoms with E-state index in [0.717, 1.165) is 35.8 Å². The zero-order valence-electron chi connectivity index (χ0n) is 16.5. The van der Waals surface area contributed by atoms with Crippen LogP contribution in [0.4, 0.5) is 4.39 Å². The minimum atomic E-state index is -0.432. The van der Waals surface area contributed by atoms with Gasteiger partial charge in [0.25, 0.3) is 0 Å². The lowest BCUT2D eigenvalue weighted by atomic mass is 10.2. The van der Waals surface area contributed by atoms with E-state index >= 15 is 0 Å². The molecule has 3 aromatic rings. The molecular formula is C21H24FN5OS. The van der Waals surface area contributed by atoms with Gasteiger partial charge in [0.1, 0.15) is 5.75 Å². The van der Waals surface area contributed by atoms with Crippen molar-refractivity contribution in [1.82, 2.24) is 20.6 Å². The summed E-state index contributed by atoms with van der Waals surface area (Å²) in [6.45, 7) is 5.83. The van der Waals surface area contributed by atoms with Crippen molar-refractivity contribution in [3.8, 4) is 11.5 Å². The van der Waals surface area contributed by atoms with Crippen LogP contribution in [0, 0.1) is 12.7 Å². The molecule has 2 N–H and O–H groups in total. The van der Waals surface area contributed by atoms with E-state index in [1.54, 1.807) is 48.0 Å². The number of halogens is 1. The van der Waals surface area contributed by atoms with Gasteiger partial charge in [-0.1, -0.05) is 6.07 Å². The highest BCUT2D eigenvalue weighted by atomic mass is 32.1. The van der Waals surface area contributed by atoms with Gasteiger partial charge in [0.05, 0.1) is 23.4 Å². The molecule has 0 aliphatic carbocycles. The number of aliphatic imine (C=N–C) groups is 1. The van der Waals surface area contributed by atoms with Crippen molar-refractivity contribution in [1.29, 1.82) is 0 Å². The Morgan fingerprint density at radius 2 is 2.17 bits per heavy atom. The maximum absolute atomic E-state index is 14.4. The molecule has 0 aliphatic heterocycles. The third-order valence-electron chi connectivity index (χ3n) is 3.96. The van der Waals surface area contributed by atoms with E-state index < -0.39 is 5.82 Å². The van der Waals surface area contributed by atoms with Crippen molar-refractivity contribution < 1.29 is 9.13 Å². The molecule has 29 heavy (non-hydrogen) atoms. The van der Waals surface area contributed by atoms with Crippen molar-refractivity contribution in [2.75, 3.05) is 13.1 Å². The molecule has 0 saturated carbocycles. The summed E-state index contributed by atoms with van der Waals surface area (Å²) >= 11 is 1.65. The summed E-state index contributed by atoms with van der Waals surface area (Å²) in [5.41, 5.74) is 1.83. The van der Waals surface area contributed by atoms with Gasteiger partial charge in [-0.2, -0.15) is 0 Å². The highest BCUT2D eigenvalue weighted by Gasteiger charge is 2.07. The Hall–Kier alpha value is -3.00. The number of hydrogen-bond acceptors (Lipinski definition) is 5. The highest BCUT2D eigenvalue weighted by molar-refractivity contribution is 7.09. The minimum Gasteiger partial charge on any atom is -0.453 e. The predicted molar refractivity (Wildman–Crippen MR) is 114 cm³/mol. The average molecular weight is 414 g/mol. The lowest BCUT2D eigenvalue weighted by molar-refractivity contribution is 0.440. The second kappa shape index (κ2) is 10.5. The van der Waals surface area contributed by atoms with Gasteiger partial charge in [0.15, 0.2) is 17.5 Å². The van der Waals surface area contributed by atoms with Gasteiger partial charge in [-0.3, -0.25) is 4.98 Å². The monoisotopic (exact) mass is 413 g/mol. The van der Waals surface area contributed by atoms with E-state index in [2.05, 4.69) is 31.0 Å². The lowest BCUT2D eigenvalue weighted by Crippen LogP contribution is -2.38. The zero-order valence-corrected chi connectivity index (χ0v) is 17.3. The van der Waals surface area contributed by atoms with Crippen LogP contribution in [0.15, 0.2) is 53.1 Å². The number of hydrogen-bond donors (Lipinski definition) is 2. The number of guanidine groups is 1. The zero-order chi connectivity index (χ0) is 20.5. The molecule has 0 bridgehead atoms. The Morgan fingerprint density at radius 1 is 1.28 bits per heavy atom. The highest BCUT2D eigenvalue weighted by Crippen LogP contribution is 2.24. The molecule has 0 unspecified atom stereocenters. The number of aromatic nitrogens is 2. The quantitative estimate of drug-likeness (QED) is 0.430. The van der Waals surface area contributed by atoms with Crippen molar-refractivity contribution in [3.63, 3.8) is 0 Å². The molecule has 2 aromatic heterocycles. The number of aryl methyl sites for hydroxylation is 1. The molecule has 0 atom stereocenters. The summed E-state index contributed by atoms with van der Waals surface area (Å²) in [4.78, 5) is 12.9. The molecule has 0 aliphatic rings. The van der Waals surface area contributed by atoms with Crippen LogP contribution in [0.5, 0.6) is 11.5 Å². The van der Waals surface area contributed by atoms with Crippen molar-refractivity contribution in [2.45, 2.75) is 26.8 Å². The number of nitrogens with zero attached hydrogens (tertiary/aromatic N) is 3. The minimum absolute atomic E-state index is 0.161. The summed E-state index contributed by atoms with van der Waals surface area (Å²) in [5.74, 6) is 0.911. The van der Waals surface area contributed by atoms with Gasteiger partial charge in [-0.25, -0.2) is 14.4 Å². The molecule has 0 spiro atoms. The predicted octanol–water partition coefficient (Wildman–Crippen LogP) is 4.08. The Balaban J connectivity index is 1.57. The summed E-state index contributed by atoms with van der Waals surface area (Å²) in [7, 11) is 0. The molecule has 0 fully saturated rings. The second-order valence-corrected chi connectivity index (χ2v) is 7.35. The number of ether oxygens (including phenoxy) is 1. The first-order valence-electron chi connectivity index (χ1n) is 9.43. The molecule has 1 aromatic carbocycles. The van der Waals surface area contributed by atoms with Gasteiger partial charge in [-0.05, 0) is 43.7 Å². The molecular weight excluding hydrogens is 389 g/mol. The number of rotatable bonds is 8. The molecule has 3 rings (SSSR count). The topological polar surface area (TPSA) is 71.4 Å². The third kappa shape index (κ3) is 6.53. The Kier molecular flexibility index (Phi) is 7.52. The van der Waals surface area contributed by atoms with Gasteiger partial charge in [0.2, 0.25) is 0 Å². The molecule has 6 nitrogen and oxygen atoms in total. The molecule has 0 saturated heterocycles. The summed E-state index contributed by atoms with van der Waals surface area (Å²) in [5, 5.41) is 9.62. The van der Waals surface area contributed by atoms with Crippen molar-refractivity contribution >= 4 is 17.3 Å². The smallest absolute Gasteiger partial charge is 0.191 e. The van der Waals surface area contributed by atoms with Crippen LogP contribution in [0.3, 0.4) is 0 Å². The first-order valence-corrected chi connectivity index (χ1v) is 10.3. The number of nitrogens with one attached hydrogen (secondary N) is 2. The second-order valence-electron chi connectivity index (χ2n) is 6.29. The van der Waals surface area contributed by atoms with Gasteiger partial charge < -0.3 is 15.4 Å². The van der Waals surface area contributed by atoms with Gasteiger partial charge in [0, 0.05) is 31.1 Å². The third-order valence-corrected chi connectivity index (χ3v) is 4.78. The van der Waals surface area contributed by atoms with Crippen LogP contribution in [0.2, 0.25) is 0 Å².